The topological polar surface area (TPSA) is 74.1 Å². The van der Waals surface area contributed by atoms with Crippen molar-refractivity contribution in [1.29, 1.82) is 0 Å². The number of halogens is 1. The number of nitrogens with one attached hydrogen (secondary N) is 1. The minimum absolute atomic E-state index is 0.0315. The molecule has 1 fully saturated rings. The zero-order valence-corrected chi connectivity index (χ0v) is 22.2. The lowest BCUT2D eigenvalue weighted by Gasteiger charge is -2.28. The Morgan fingerprint density at radius 2 is 1.77 bits per heavy atom. The van der Waals surface area contributed by atoms with E-state index in [1.165, 1.54) is 11.0 Å². The standard InChI is InChI=1S/C28H35ClN2O4/c1-7-35-22-14-11-19(17-21(22)29)25(32)23-24(18-9-12-20(13-10-18)28(2,3)4)31(27(34)26(23)33)16-8-15-30(5)6/h9-14,17,24,32H,7-8,15-16H2,1-6H3/b25-23+. The van der Waals surface area contributed by atoms with Crippen molar-refractivity contribution in [2.24, 2.45) is 0 Å². The van der Waals surface area contributed by atoms with E-state index in [1.807, 2.05) is 45.3 Å². The number of ether oxygens (including phenoxy) is 1. The highest BCUT2D eigenvalue weighted by atomic mass is 35.5. The molecule has 2 aromatic carbocycles. The van der Waals surface area contributed by atoms with Crippen molar-refractivity contribution >= 4 is 29.1 Å². The van der Waals surface area contributed by atoms with E-state index in [0.29, 0.717) is 25.3 Å². The van der Waals surface area contributed by atoms with Crippen molar-refractivity contribution in [3.63, 3.8) is 0 Å². The normalized spacial score (nSPS) is 17.9. The molecule has 1 atom stereocenters. The summed E-state index contributed by atoms with van der Waals surface area (Å²) in [6.45, 7) is 9.88. The fourth-order valence-corrected chi connectivity index (χ4v) is 4.52. The summed E-state index contributed by atoms with van der Waals surface area (Å²) in [5.74, 6) is -1.41. The van der Waals surface area contributed by atoms with E-state index in [1.54, 1.807) is 17.0 Å². The molecular formula is C28H35ClN2O4. The zero-order valence-electron chi connectivity index (χ0n) is 21.4. The van der Waals surface area contributed by atoms with Crippen LogP contribution >= 0.6 is 11.6 Å². The van der Waals surface area contributed by atoms with Gasteiger partial charge in [0, 0.05) is 18.5 Å². The lowest BCUT2D eigenvalue weighted by Crippen LogP contribution is -3.05. The van der Waals surface area contributed by atoms with Crippen molar-refractivity contribution in [3.05, 3.63) is 69.8 Å². The van der Waals surface area contributed by atoms with Crippen LogP contribution in [0, 0.1) is 0 Å². The maximum absolute atomic E-state index is 13.6. The first kappa shape index (κ1) is 26.8. The number of nitrogens with zero attached hydrogens (tertiary/aromatic N) is 1. The summed E-state index contributed by atoms with van der Waals surface area (Å²) in [6.07, 6.45) is 0.717. The number of amides is 1. The van der Waals surface area contributed by atoms with Crippen molar-refractivity contribution in [3.8, 4) is 5.75 Å². The molecule has 0 saturated carbocycles. The number of carbonyl (C=O) groups is 2. The summed E-state index contributed by atoms with van der Waals surface area (Å²) in [6, 6.07) is 11.8. The Morgan fingerprint density at radius 1 is 1.11 bits per heavy atom. The Labute approximate surface area is 213 Å². The molecule has 7 heteroatoms. The van der Waals surface area contributed by atoms with Crippen LogP contribution in [-0.2, 0) is 15.0 Å². The molecule has 1 N–H and O–H groups in total. The van der Waals surface area contributed by atoms with Crippen LogP contribution in [0.3, 0.4) is 0 Å². The predicted octanol–water partition coefficient (Wildman–Crippen LogP) is 2.79. The first-order valence-corrected chi connectivity index (χ1v) is 12.4. The molecule has 1 aliphatic rings. The summed E-state index contributed by atoms with van der Waals surface area (Å²) in [7, 11) is 4.08. The van der Waals surface area contributed by atoms with Crippen molar-refractivity contribution in [2.45, 2.75) is 45.6 Å². The monoisotopic (exact) mass is 498 g/mol. The largest absolute Gasteiger partial charge is 0.872 e. The van der Waals surface area contributed by atoms with Gasteiger partial charge in [-0.1, -0.05) is 68.5 Å². The molecule has 0 spiro atoms. The molecular weight excluding hydrogens is 464 g/mol. The van der Waals surface area contributed by atoms with Gasteiger partial charge < -0.3 is 19.6 Å². The molecule has 1 saturated heterocycles. The average molecular weight is 499 g/mol. The third-order valence-electron chi connectivity index (χ3n) is 6.19. The second-order valence-electron chi connectivity index (χ2n) is 10.2. The molecule has 0 aromatic heterocycles. The van der Waals surface area contributed by atoms with Crippen LogP contribution < -0.4 is 14.7 Å². The number of quaternary nitrogens is 1. The van der Waals surface area contributed by atoms with Gasteiger partial charge >= 0.3 is 0 Å². The van der Waals surface area contributed by atoms with Gasteiger partial charge in [-0.05, 0) is 41.2 Å². The van der Waals surface area contributed by atoms with Gasteiger partial charge in [-0.25, -0.2) is 0 Å². The Balaban J connectivity index is 2.10. The zero-order chi connectivity index (χ0) is 25.9. The Hall–Kier alpha value is -2.83. The minimum atomic E-state index is -0.748. The van der Waals surface area contributed by atoms with Gasteiger partial charge in [-0.3, -0.25) is 9.59 Å². The minimum Gasteiger partial charge on any atom is -0.872 e. The van der Waals surface area contributed by atoms with E-state index < -0.39 is 23.5 Å². The molecule has 35 heavy (non-hydrogen) atoms. The van der Waals surface area contributed by atoms with E-state index in [4.69, 9.17) is 16.3 Å². The van der Waals surface area contributed by atoms with Crippen molar-refractivity contribution in [1.82, 2.24) is 4.90 Å². The summed E-state index contributed by atoms with van der Waals surface area (Å²) in [5.41, 5.74) is 2.05. The van der Waals surface area contributed by atoms with Gasteiger partial charge in [0.15, 0.2) is 0 Å². The molecule has 6 nitrogen and oxygen atoms in total. The predicted molar refractivity (Wildman–Crippen MR) is 136 cm³/mol. The average Bonchev–Trinajstić information content (AvgIpc) is 3.04. The molecule has 0 radical (unpaired) electrons. The number of ketones is 1. The van der Waals surface area contributed by atoms with Gasteiger partial charge in [-0.15, -0.1) is 0 Å². The molecule has 1 heterocycles. The van der Waals surface area contributed by atoms with Crippen LogP contribution in [0.15, 0.2) is 48.0 Å². The molecule has 1 aliphatic heterocycles. The number of Topliss-reactive ketones (excluding diaryl/α,β-unsaturated/α-hetero) is 1. The Morgan fingerprint density at radius 3 is 2.31 bits per heavy atom. The fraction of sp³-hybridized carbons (Fsp3) is 0.429. The SMILES string of the molecule is CCOc1ccc(/C([O-])=C2\C(=O)C(=O)N(CCC[NH+](C)C)C2c2ccc(C(C)(C)C)cc2)cc1Cl. The van der Waals surface area contributed by atoms with Gasteiger partial charge in [0.25, 0.3) is 5.91 Å². The molecule has 188 valence electrons. The van der Waals surface area contributed by atoms with E-state index in [-0.39, 0.29) is 21.6 Å². The maximum atomic E-state index is 13.6. The highest BCUT2D eigenvalue weighted by molar-refractivity contribution is 6.46. The quantitative estimate of drug-likeness (QED) is 0.345. The molecule has 1 unspecified atom stereocenters. The van der Waals surface area contributed by atoms with Crippen LogP contribution in [-0.4, -0.2) is 50.4 Å². The Bertz CT molecular complexity index is 1120. The summed E-state index contributed by atoms with van der Waals surface area (Å²) in [5, 5.41) is 13.9. The lowest BCUT2D eigenvalue weighted by molar-refractivity contribution is -0.858. The summed E-state index contributed by atoms with van der Waals surface area (Å²) < 4.78 is 5.46. The van der Waals surface area contributed by atoms with Crippen LogP contribution in [0.2, 0.25) is 5.02 Å². The highest BCUT2D eigenvalue weighted by Crippen LogP contribution is 2.40. The smallest absolute Gasteiger partial charge is 0.295 e. The number of hydrogen-bond acceptors (Lipinski definition) is 4. The van der Waals surface area contributed by atoms with Crippen LogP contribution in [0.1, 0.15) is 56.8 Å². The van der Waals surface area contributed by atoms with Crippen LogP contribution in [0.25, 0.3) is 5.76 Å². The molecule has 0 bridgehead atoms. The van der Waals surface area contributed by atoms with E-state index in [9.17, 15) is 14.7 Å². The fourth-order valence-electron chi connectivity index (χ4n) is 4.29. The first-order valence-electron chi connectivity index (χ1n) is 12.0. The number of likely N-dealkylation sites (tertiary alicyclic amines) is 1. The van der Waals surface area contributed by atoms with Gasteiger partial charge in [0.1, 0.15) is 5.75 Å². The van der Waals surface area contributed by atoms with E-state index in [2.05, 4.69) is 20.8 Å². The van der Waals surface area contributed by atoms with Crippen molar-refractivity contribution in [2.75, 3.05) is 33.8 Å². The second kappa shape index (κ2) is 10.8. The third kappa shape index (κ3) is 5.88. The second-order valence-corrected chi connectivity index (χ2v) is 10.6. The molecule has 2 aromatic rings. The van der Waals surface area contributed by atoms with Gasteiger partial charge in [-0.2, -0.15) is 0 Å². The summed E-state index contributed by atoms with van der Waals surface area (Å²) in [4.78, 5) is 29.1. The van der Waals surface area contributed by atoms with E-state index in [0.717, 1.165) is 17.7 Å². The number of rotatable bonds is 8. The van der Waals surface area contributed by atoms with Crippen LogP contribution in [0.4, 0.5) is 0 Å². The van der Waals surface area contributed by atoms with E-state index >= 15 is 0 Å². The maximum Gasteiger partial charge on any atom is 0.295 e. The molecule has 0 aliphatic carbocycles. The number of hydrogen-bond donors (Lipinski definition) is 1. The van der Waals surface area contributed by atoms with Crippen LogP contribution in [0.5, 0.6) is 5.75 Å². The highest BCUT2D eigenvalue weighted by Gasteiger charge is 2.44. The third-order valence-corrected chi connectivity index (χ3v) is 6.49. The first-order chi connectivity index (χ1) is 16.5. The number of carbonyl (C=O) groups excluding carboxylic acids is 2. The molecule has 1 amide bonds. The van der Waals surface area contributed by atoms with Crippen molar-refractivity contribution < 1.29 is 24.3 Å². The molecule has 3 rings (SSSR count). The number of benzene rings is 2. The Kier molecular flexibility index (Phi) is 8.29. The van der Waals surface area contributed by atoms with Gasteiger partial charge in [0.2, 0.25) is 5.78 Å². The summed E-state index contributed by atoms with van der Waals surface area (Å²) >= 11 is 6.31. The van der Waals surface area contributed by atoms with Gasteiger partial charge in [0.05, 0.1) is 38.3 Å². The lowest BCUT2D eigenvalue weighted by atomic mass is 9.85.